The lowest BCUT2D eigenvalue weighted by atomic mass is 10.4. The van der Waals surface area contributed by atoms with E-state index < -0.39 is 10.0 Å². The second-order valence-electron chi connectivity index (χ2n) is 2.23. The van der Waals surface area contributed by atoms with Gasteiger partial charge in [0.1, 0.15) is 10.4 Å². The zero-order valence-corrected chi connectivity index (χ0v) is 8.43. The van der Waals surface area contributed by atoms with E-state index in [1.807, 2.05) is 0 Å². The van der Waals surface area contributed by atoms with E-state index in [1.165, 1.54) is 0 Å². The molecule has 0 bridgehead atoms. The Kier molecular flexibility index (Phi) is 2.86. The largest absolute Gasteiger partial charge is 0.360 e. The van der Waals surface area contributed by atoms with Gasteiger partial charge in [0, 0.05) is 12.5 Å². The summed E-state index contributed by atoms with van der Waals surface area (Å²) in [5, 5.41) is 8.31. The topological polar surface area (TPSA) is 86.2 Å². The van der Waals surface area contributed by atoms with Crippen LogP contribution in [0.15, 0.2) is 15.2 Å². The molecular weight excluding hydrogens is 248 g/mol. The summed E-state index contributed by atoms with van der Waals surface area (Å²) in [5.41, 5.74) is 0. The third kappa shape index (κ3) is 3.33. The minimum atomic E-state index is -3.42. The normalized spacial score (nSPS) is 11.8. The van der Waals surface area contributed by atoms with Crippen LogP contribution >= 0.6 is 15.9 Å². The summed E-state index contributed by atoms with van der Waals surface area (Å²) in [6, 6.07) is 1.60. The highest BCUT2D eigenvalue weighted by molar-refractivity contribution is 9.10. The summed E-state index contributed by atoms with van der Waals surface area (Å²) in [7, 11) is -3.42. The average molecular weight is 255 g/mol. The van der Waals surface area contributed by atoms with Crippen molar-refractivity contribution in [3.05, 3.63) is 16.4 Å². The number of rotatable bonds is 3. The monoisotopic (exact) mass is 254 g/mol. The Balaban J connectivity index is 2.55. The predicted octanol–water partition coefficient (Wildman–Crippen LogP) is 0.268. The van der Waals surface area contributed by atoms with Crippen LogP contribution in [0.2, 0.25) is 0 Å². The van der Waals surface area contributed by atoms with Crippen LogP contribution in [0, 0.1) is 0 Å². The van der Waals surface area contributed by atoms with Gasteiger partial charge in [-0.3, -0.25) is 0 Å². The second kappa shape index (κ2) is 3.55. The van der Waals surface area contributed by atoms with Crippen molar-refractivity contribution in [3.63, 3.8) is 0 Å². The van der Waals surface area contributed by atoms with Gasteiger partial charge in [0.25, 0.3) is 0 Å². The zero-order valence-electron chi connectivity index (χ0n) is 6.03. The molecular formula is C5H7BrN2O3S. The molecule has 0 spiro atoms. The Morgan fingerprint density at radius 1 is 1.67 bits per heavy atom. The summed E-state index contributed by atoms with van der Waals surface area (Å²) in [6.45, 7) is 0. The Labute approximate surface area is 78.1 Å². The quantitative estimate of drug-likeness (QED) is 0.839. The van der Waals surface area contributed by atoms with Crippen molar-refractivity contribution in [1.29, 1.82) is 0 Å². The van der Waals surface area contributed by atoms with Crippen molar-refractivity contribution >= 4 is 26.0 Å². The summed E-state index contributed by atoms with van der Waals surface area (Å²) < 4.78 is 26.3. The van der Waals surface area contributed by atoms with Gasteiger partial charge in [0.2, 0.25) is 10.0 Å². The molecule has 0 aliphatic rings. The molecule has 0 aliphatic heterocycles. The number of aromatic nitrogens is 1. The lowest BCUT2D eigenvalue weighted by Gasteiger charge is -1.92. The second-order valence-corrected chi connectivity index (χ2v) is 4.78. The van der Waals surface area contributed by atoms with E-state index in [9.17, 15) is 8.42 Å². The molecule has 7 heteroatoms. The first-order valence-corrected chi connectivity index (χ1v) is 5.60. The van der Waals surface area contributed by atoms with Crippen LogP contribution in [0.25, 0.3) is 0 Å². The first-order valence-electron chi connectivity index (χ1n) is 3.09. The summed E-state index contributed by atoms with van der Waals surface area (Å²) in [5.74, 6) is 0.366. The van der Waals surface area contributed by atoms with Crippen LogP contribution in [-0.2, 0) is 16.4 Å². The number of nitrogens with zero attached hydrogens (tertiary/aromatic N) is 1. The number of hydrogen-bond acceptors (Lipinski definition) is 4. The van der Waals surface area contributed by atoms with Gasteiger partial charge < -0.3 is 4.52 Å². The van der Waals surface area contributed by atoms with E-state index >= 15 is 0 Å². The van der Waals surface area contributed by atoms with Crippen molar-refractivity contribution in [2.75, 3.05) is 5.75 Å². The van der Waals surface area contributed by atoms with E-state index in [-0.39, 0.29) is 12.2 Å². The van der Waals surface area contributed by atoms with Crippen LogP contribution in [0.3, 0.4) is 0 Å². The van der Waals surface area contributed by atoms with Crippen LogP contribution in [0.5, 0.6) is 0 Å². The molecule has 0 saturated heterocycles. The Bertz CT molecular complexity index is 359. The molecule has 12 heavy (non-hydrogen) atoms. The highest BCUT2D eigenvalue weighted by Crippen LogP contribution is 2.10. The first kappa shape index (κ1) is 9.69. The van der Waals surface area contributed by atoms with Crippen molar-refractivity contribution < 1.29 is 12.9 Å². The number of sulfonamides is 1. The number of halogens is 1. The number of aryl methyl sites for hydroxylation is 1. The third-order valence-corrected chi connectivity index (χ3v) is 2.31. The van der Waals surface area contributed by atoms with Gasteiger partial charge in [0.15, 0.2) is 0 Å². The number of primary sulfonamides is 1. The molecule has 0 aliphatic carbocycles. The molecule has 1 rings (SSSR count). The number of nitrogens with two attached hydrogens (primary N) is 1. The molecule has 0 saturated carbocycles. The fraction of sp³-hybridized carbons (Fsp3) is 0.400. The highest BCUT2D eigenvalue weighted by Gasteiger charge is 2.07. The summed E-state index contributed by atoms with van der Waals surface area (Å²) >= 11 is 3.07. The molecule has 68 valence electrons. The van der Waals surface area contributed by atoms with E-state index in [4.69, 9.17) is 9.66 Å². The van der Waals surface area contributed by atoms with Gasteiger partial charge in [-0.1, -0.05) is 5.16 Å². The van der Waals surface area contributed by atoms with E-state index in [2.05, 4.69) is 21.1 Å². The Morgan fingerprint density at radius 2 is 2.33 bits per heavy atom. The standard InChI is InChI=1S/C5H7BrN2O3S/c6-5-3-4(11-8-5)1-2-12(7,9)10/h3H,1-2H2,(H2,7,9,10). The van der Waals surface area contributed by atoms with Gasteiger partial charge in [-0.05, 0) is 15.9 Å². The molecule has 0 atom stereocenters. The van der Waals surface area contributed by atoms with Crippen LogP contribution in [0.4, 0.5) is 0 Å². The average Bonchev–Trinajstić information content (AvgIpc) is 2.30. The van der Waals surface area contributed by atoms with Crippen molar-refractivity contribution in [3.8, 4) is 0 Å². The minimum Gasteiger partial charge on any atom is -0.360 e. The first-order chi connectivity index (χ1) is 5.47. The summed E-state index contributed by atoms with van der Waals surface area (Å²) in [6.07, 6.45) is 0.247. The SMILES string of the molecule is NS(=O)(=O)CCc1cc(Br)no1. The van der Waals surface area contributed by atoms with Crippen molar-refractivity contribution in [1.82, 2.24) is 5.16 Å². The maximum Gasteiger partial charge on any atom is 0.209 e. The zero-order chi connectivity index (χ0) is 9.19. The van der Waals surface area contributed by atoms with Gasteiger partial charge >= 0.3 is 0 Å². The molecule has 5 nitrogen and oxygen atoms in total. The lowest BCUT2D eigenvalue weighted by Crippen LogP contribution is -2.17. The van der Waals surface area contributed by atoms with E-state index in [0.29, 0.717) is 10.4 Å². The van der Waals surface area contributed by atoms with E-state index in [0.717, 1.165) is 0 Å². The Hall–Kier alpha value is -0.400. The van der Waals surface area contributed by atoms with E-state index in [1.54, 1.807) is 6.07 Å². The molecule has 1 aromatic rings. The van der Waals surface area contributed by atoms with Gasteiger partial charge in [-0.2, -0.15) is 0 Å². The predicted molar refractivity (Wildman–Crippen MR) is 45.9 cm³/mol. The van der Waals surface area contributed by atoms with Gasteiger partial charge in [-0.15, -0.1) is 0 Å². The minimum absolute atomic E-state index is 0.130. The molecule has 0 fully saturated rings. The number of hydrogen-bond donors (Lipinski definition) is 1. The summed E-state index contributed by atoms with van der Waals surface area (Å²) in [4.78, 5) is 0. The smallest absolute Gasteiger partial charge is 0.209 e. The van der Waals surface area contributed by atoms with Crippen molar-refractivity contribution in [2.45, 2.75) is 6.42 Å². The highest BCUT2D eigenvalue weighted by atomic mass is 79.9. The fourth-order valence-electron chi connectivity index (χ4n) is 0.648. The lowest BCUT2D eigenvalue weighted by molar-refractivity contribution is 0.383. The molecule has 1 heterocycles. The molecule has 0 amide bonds. The maximum absolute atomic E-state index is 10.5. The molecule has 0 aromatic carbocycles. The van der Waals surface area contributed by atoms with Crippen LogP contribution in [-0.4, -0.2) is 19.3 Å². The Morgan fingerprint density at radius 3 is 2.75 bits per heavy atom. The van der Waals surface area contributed by atoms with Gasteiger partial charge in [0.05, 0.1) is 5.75 Å². The third-order valence-electron chi connectivity index (χ3n) is 1.16. The van der Waals surface area contributed by atoms with Crippen LogP contribution in [0.1, 0.15) is 5.76 Å². The molecule has 0 unspecified atom stereocenters. The molecule has 0 radical (unpaired) electrons. The fourth-order valence-corrected chi connectivity index (χ4v) is 1.46. The van der Waals surface area contributed by atoms with Gasteiger partial charge in [-0.25, -0.2) is 13.6 Å². The maximum atomic E-state index is 10.5. The van der Waals surface area contributed by atoms with Crippen LogP contribution < -0.4 is 5.14 Å². The molecule has 1 aromatic heterocycles. The molecule has 2 N–H and O–H groups in total. The van der Waals surface area contributed by atoms with Crippen molar-refractivity contribution in [2.24, 2.45) is 5.14 Å².